The summed E-state index contributed by atoms with van der Waals surface area (Å²) in [6.45, 7) is 8.35. The smallest absolute Gasteiger partial charge is 0.230 e. The highest BCUT2D eigenvalue weighted by Crippen LogP contribution is 2.44. The zero-order valence-electron chi connectivity index (χ0n) is 15.5. The van der Waals surface area contributed by atoms with Gasteiger partial charge in [-0.05, 0) is 45.6 Å². The lowest BCUT2D eigenvalue weighted by molar-refractivity contribution is -0.155. The van der Waals surface area contributed by atoms with Gasteiger partial charge in [0, 0.05) is 44.5 Å². The standard InChI is InChI=1S/C19H32N4O/c1-4-5-10-22-11-6-8-19(18(22)24)9-7-12-23(16(19)2)15-17-13-20-21(3)14-17/h13-14,16H,4-12,15H2,1-3H3/t16-,19+/m1/s1. The quantitative estimate of drug-likeness (QED) is 0.832. The molecule has 0 unspecified atom stereocenters. The Morgan fingerprint density at radius 1 is 1.29 bits per heavy atom. The van der Waals surface area contributed by atoms with E-state index in [1.807, 2.05) is 17.9 Å². The summed E-state index contributed by atoms with van der Waals surface area (Å²) in [6.07, 6.45) is 10.7. The Hall–Kier alpha value is -1.36. The minimum Gasteiger partial charge on any atom is -0.342 e. The molecule has 0 aromatic carbocycles. The van der Waals surface area contributed by atoms with Crippen molar-refractivity contribution in [1.29, 1.82) is 0 Å². The third-order valence-corrected chi connectivity index (χ3v) is 6.11. The highest BCUT2D eigenvalue weighted by Gasteiger charge is 2.50. The lowest BCUT2D eigenvalue weighted by atomic mass is 9.67. The molecule has 3 rings (SSSR count). The van der Waals surface area contributed by atoms with Crippen molar-refractivity contribution in [2.75, 3.05) is 19.6 Å². The van der Waals surface area contributed by atoms with Gasteiger partial charge < -0.3 is 4.90 Å². The SMILES string of the molecule is CCCCN1CCC[C@@]2(CCCN(Cc3cnn(C)c3)[C@@H]2C)C1=O. The van der Waals surface area contributed by atoms with E-state index in [1.54, 1.807) is 0 Å². The molecule has 5 nitrogen and oxygen atoms in total. The molecule has 0 saturated carbocycles. The summed E-state index contributed by atoms with van der Waals surface area (Å²) in [7, 11) is 1.96. The molecule has 0 N–H and O–H groups in total. The third kappa shape index (κ3) is 3.23. The summed E-state index contributed by atoms with van der Waals surface area (Å²) in [5.41, 5.74) is 1.08. The first-order valence-corrected chi connectivity index (χ1v) is 9.58. The van der Waals surface area contributed by atoms with Gasteiger partial charge in [-0.1, -0.05) is 13.3 Å². The Kier molecular flexibility index (Phi) is 5.28. The molecule has 1 aromatic rings. The molecule has 5 heteroatoms. The van der Waals surface area contributed by atoms with E-state index in [9.17, 15) is 4.79 Å². The number of aromatic nitrogens is 2. The van der Waals surface area contributed by atoms with Crippen molar-refractivity contribution in [2.45, 2.75) is 65.0 Å². The Morgan fingerprint density at radius 2 is 2.04 bits per heavy atom. The minimum atomic E-state index is -0.160. The van der Waals surface area contributed by atoms with Gasteiger partial charge >= 0.3 is 0 Å². The maximum absolute atomic E-state index is 13.3. The maximum atomic E-state index is 13.3. The Labute approximate surface area is 146 Å². The van der Waals surface area contributed by atoms with Gasteiger partial charge in [-0.25, -0.2) is 0 Å². The van der Waals surface area contributed by atoms with Crippen LogP contribution in [0.2, 0.25) is 0 Å². The predicted octanol–water partition coefficient (Wildman–Crippen LogP) is 2.81. The Bertz CT molecular complexity index is 565. The minimum absolute atomic E-state index is 0.160. The second-order valence-electron chi connectivity index (χ2n) is 7.68. The fourth-order valence-corrected chi connectivity index (χ4v) is 4.64. The first kappa shape index (κ1) is 17.5. The van der Waals surface area contributed by atoms with Gasteiger partial charge in [-0.2, -0.15) is 5.10 Å². The fraction of sp³-hybridized carbons (Fsp3) is 0.789. The van der Waals surface area contributed by atoms with E-state index in [2.05, 4.69) is 34.9 Å². The second-order valence-corrected chi connectivity index (χ2v) is 7.68. The fourth-order valence-electron chi connectivity index (χ4n) is 4.64. The highest BCUT2D eigenvalue weighted by molar-refractivity contribution is 5.84. The van der Waals surface area contributed by atoms with E-state index in [0.29, 0.717) is 11.9 Å². The van der Waals surface area contributed by atoms with Crippen molar-refractivity contribution in [3.63, 3.8) is 0 Å². The molecule has 2 saturated heterocycles. The van der Waals surface area contributed by atoms with Crippen LogP contribution in [0.25, 0.3) is 0 Å². The number of likely N-dealkylation sites (tertiary alicyclic amines) is 2. The van der Waals surface area contributed by atoms with Gasteiger partial charge in [0.25, 0.3) is 0 Å². The summed E-state index contributed by atoms with van der Waals surface area (Å²) in [4.78, 5) is 18.0. The number of aryl methyl sites for hydroxylation is 1. The van der Waals surface area contributed by atoms with Crippen molar-refractivity contribution in [2.24, 2.45) is 12.5 Å². The first-order chi connectivity index (χ1) is 11.6. The summed E-state index contributed by atoms with van der Waals surface area (Å²) >= 11 is 0. The summed E-state index contributed by atoms with van der Waals surface area (Å²) in [6, 6.07) is 0.309. The number of carbonyl (C=O) groups is 1. The third-order valence-electron chi connectivity index (χ3n) is 6.11. The molecule has 2 atom stereocenters. The summed E-state index contributed by atoms with van der Waals surface area (Å²) in [5.74, 6) is 0.422. The maximum Gasteiger partial charge on any atom is 0.230 e. The Balaban J connectivity index is 1.74. The van der Waals surface area contributed by atoms with Crippen molar-refractivity contribution in [3.8, 4) is 0 Å². The number of unbranched alkanes of at least 4 members (excludes halogenated alkanes) is 1. The van der Waals surface area contributed by atoms with Crippen molar-refractivity contribution < 1.29 is 4.79 Å². The van der Waals surface area contributed by atoms with Gasteiger partial charge in [0.05, 0.1) is 11.6 Å². The van der Waals surface area contributed by atoms with Crippen LogP contribution in [0.4, 0.5) is 0 Å². The van der Waals surface area contributed by atoms with Gasteiger partial charge in [-0.3, -0.25) is 14.4 Å². The predicted molar refractivity (Wildman–Crippen MR) is 95.5 cm³/mol. The van der Waals surface area contributed by atoms with Gasteiger partial charge in [0.2, 0.25) is 5.91 Å². The number of piperidine rings is 2. The van der Waals surface area contributed by atoms with E-state index in [1.165, 1.54) is 5.56 Å². The molecule has 0 bridgehead atoms. The summed E-state index contributed by atoms with van der Waals surface area (Å²) < 4.78 is 1.86. The number of rotatable bonds is 5. The zero-order chi connectivity index (χ0) is 17.2. The number of hydrogen-bond acceptors (Lipinski definition) is 3. The molecule has 2 aliphatic heterocycles. The zero-order valence-corrected chi connectivity index (χ0v) is 15.5. The molecular weight excluding hydrogens is 300 g/mol. The lowest BCUT2D eigenvalue weighted by Crippen LogP contribution is -2.60. The molecule has 1 amide bonds. The van der Waals surface area contributed by atoms with Crippen LogP contribution in [0.5, 0.6) is 0 Å². The van der Waals surface area contributed by atoms with Crippen LogP contribution in [0.1, 0.15) is 57.9 Å². The number of amides is 1. The molecule has 0 radical (unpaired) electrons. The van der Waals surface area contributed by atoms with Gasteiger partial charge in [-0.15, -0.1) is 0 Å². The van der Waals surface area contributed by atoms with E-state index in [-0.39, 0.29) is 5.41 Å². The van der Waals surface area contributed by atoms with Crippen LogP contribution in [-0.2, 0) is 18.4 Å². The van der Waals surface area contributed by atoms with Crippen LogP contribution in [0, 0.1) is 5.41 Å². The van der Waals surface area contributed by atoms with Gasteiger partial charge in [0.15, 0.2) is 0 Å². The molecule has 134 valence electrons. The monoisotopic (exact) mass is 332 g/mol. The van der Waals surface area contributed by atoms with Gasteiger partial charge in [0.1, 0.15) is 0 Å². The molecule has 1 spiro atoms. The molecular formula is C19H32N4O. The summed E-state index contributed by atoms with van der Waals surface area (Å²) in [5, 5.41) is 4.29. The average molecular weight is 332 g/mol. The molecule has 3 heterocycles. The van der Waals surface area contributed by atoms with Crippen LogP contribution in [0.3, 0.4) is 0 Å². The largest absolute Gasteiger partial charge is 0.342 e. The molecule has 2 fully saturated rings. The van der Waals surface area contributed by atoms with Crippen molar-refractivity contribution >= 4 is 5.91 Å². The van der Waals surface area contributed by atoms with E-state index in [0.717, 1.165) is 64.7 Å². The molecule has 1 aromatic heterocycles. The van der Waals surface area contributed by atoms with E-state index < -0.39 is 0 Å². The number of carbonyl (C=O) groups excluding carboxylic acids is 1. The van der Waals surface area contributed by atoms with Crippen LogP contribution >= 0.6 is 0 Å². The van der Waals surface area contributed by atoms with Crippen molar-refractivity contribution in [3.05, 3.63) is 18.0 Å². The average Bonchev–Trinajstić information content (AvgIpc) is 2.98. The highest BCUT2D eigenvalue weighted by atomic mass is 16.2. The van der Waals surface area contributed by atoms with Crippen molar-refractivity contribution in [1.82, 2.24) is 19.6 Å². The number of hydrogen-bond donors (Lipinski definition) is 0. The number of nitrogens with zero attached hydrogens (tertiary/aromatic N) is 4. The second kappa shape index (κ2) is 7.26. The van der Waals surface area contributed by atoms with Crippen LogP contribution in [0.15, 0.2) is 12.4 Å². The Morgan fingerprint density at radius 3 is 2.71 bits per heavy atom. The van der Waals surface area contributed by atoms with E-state index >= 15 is 0 Å². The molecule has 24 heavy (non-hydrogen) atoms. The normalized spacial score (nSPS) is 28.7. The molecule has 0 aliphatic carbocycles. The topological polar surface area (TPSA) is 41.4 Å². The van der Waals surface area contributed by atoms with E-state index in [4.69, 9.17) is 0 Å². The lowest BCUT2D eigenvalue weighted by Gasteiger charge is -2.51. The van der Waals surface area contributed by atoms with Crippen LogP contribution in [-0.4, -0.2) is 51.2 Å². The van der Waals surface area contributed by atoms with Crippen LogP contribution < -0.4 is 0 Å². The first-order valence-electron chi connectivity index (χ1n) is 9.58. The molecule has 2 aliphatic rings.